The summed E-state index contributed by atoms with van der Waals surface area (Å²) in [7, 11) is 1.67. The second-order valence-corrected chi connectivity index (χ2v) is 5.81. The molecule has 2 N–H and O–H groups in total. The molecule has 0 saturated carbocycles. The Labute approximate surface area is 126 Å². The van der Waals surface area contributed by atoms with E-state index < -0.39 is 0 Å². The maximum Gasteiger partial charge on any atom is 0.138 e. The normalized spacial score (nSPS) is 12.7. The quantitative estimate of drug-likeness (QED) is 0.887. The van der Waals surface area contributed by atoms with Gasteiger partial charge in [0, 0.05) is 24.6 Å². The standard InChI is InChI=1S/C16H24N4O/c1-11(2)9-20-16(18-10-19-20)8-14(17)13-6-5-12(3)7-15(13)21-4/h5-7,10-11,14H,8-9,17H2,1-4H3. The summed E-state index contributed by atoms with van der Waals surface area (Å²) in [6.45, 7) is 7.22. The van der Waals surface area contributed by atoms with Gasteiger partial charge >= 0.3 is 0 Å². The number of aryl methyl sites for hydroxylation is 1. The molecule has 0 amide bonds. The topological polar surface area (TPSA) is 66.0 Å². The number of rotatable bonds is 6. The van der Waals surface area contributed by atoms with E-state index in [-0.39, 0.29) is 6.04 Å². The Kier molecular flexibility index (Phi) is 4.96. The van der Waals surface area contributed by atoms with E-state index in [0.717, 1.165) is 29.2 Å². The van der Waals surface area contributed by atoms with Crippen LogP contribution in [0.5, 0.6) is 5.75 Å². The maximum atomic E-state index is 6.35. The van der Waals surface area contributed by atoms with Gasteiger partial charge in [0.25, 0.3) is 0 Å². The number of ether oxygens (including phenoxy) is 1. The molecule has 1 heterocycles. The molecule has 5 heteroatoms. The number of benzene rings is 1. The van der Waals surface area contributed by atoms with Crippen LogP contribution < -0.4 is 10.5 Å². The molecule has 0 bridgehead atoms. The Hall–Kier alpha value is -1.88. The van der Waals surface area contributed by atoms with E-state index in [0.29, 0.717) is 12.3 Å². The first-order chi connectivity index (χ1) is 10.0. The van der Waals surface area contributed by atoms with Gasteiger partial charge in [-0.2, -0.15) is 5.10 Å². The molecule has 0 spiro atoms. The molecule has 1 aromatic carbocycles. The van der Waals surface area contributed by atoms with Crippen LogP contribution in [-0.4, -0.2) is 21.9 Å². The minimum Gasteiger partial charge on any atom is -0.496 e. The SMILES string of the molecule is COc1cc(C)ccc1C(N)Cc1ncnn1CC(C)C. The number of nitrogens with zero attached hydrogens (tertiary/aromatic N) is 3. The van der Waals surface area contributed by atoms with Gasteiger partial charge in [0.05, 0.1) is 7.11 Å². The van der Waals surface area contributed by atoms with Crippen molar-refractivity contribution in [2.24, 2.45) is 11.7 Å². The highest BCUT2D eigenvalue weighted by molar-refractivity contribution is 5.39. The van der Waals surface area contributed by atoms with Crippen LogP contribution in [0, 0.1) is 12.8 Å². The number of hydrogen-bond donors (Lipinski definition) is 1. The summed E-state index contributed by atoms with van der Waals surface area (Å²) in [5.74, 6) is 2.27. The van der Waals surface area contributed by atoms with Crippen LogP contribution in [0.15, 0.2) is 24.5 Å². The van der Waals surface area contributed by atoms with Crippen LogP contribution in [0.1, 0.15) is 36.8 Å². The molecule has 1 atom stereocenters. The van der Waals surface area contributed by atoms with Gasteiger partial charge in [0.15, 0.2) is 0 Å². The second-order valence-electron chi connectivity index (χ2n) is 5.81. The fraction of sp³-hybridized carbons (Fsp3) is 0.500. The summed E-state index contributed by atoms with van der Waals surface area (Å²) in [6.07, 6.45) is 2.24. The van der Waals surface area contributed by atoms with Gasteiger partial charge in [-0.3, -0.25) is 0 Å². The van der Waals surface area contributed by atoms with Crippen molar-refractivity contribution in [3.63, 3.8) is 0 Å². The summed E-state index contributed by atoms with van der Waals surface area (Å²) in [5, 5.41) is 4.28. The van der Waals surface area contributed by atoms with E-state index in [1.54, 1.807) is 13.4 Å². The lowest BCUT2D eigenvalue weighted by Crippen LogP contribution is -2.19. The summed E-state index contributed by atoms with van der Waals surface area (Å²) in [6, 6.07) is 5.93. The van der Waals surface area contributed by atoms with Crippen LogP contribution in [0.25, 0.3) is 0 Å². The molecule has 21 heavy (non-hydrogen) atoms. The van der Waals surface area contributed by atoms with Crippen molar-refractivity contribution in [1.82, 2.24) is 14.8 Å². The van der Waals surface area contributed by atoms with Crippen molar-refractivity contribution in [2.45, 2.75) is 39.8 Å². The molecule has 1 unspecified atom stereocenters. The Morgan fingerprint density at radius 1 is 1.33 bits per heavy atom. The van der Waals surface area contributed by atoms with E-state index in [1.165, 1.54) is 0 Å². The monoisotopic (exact) mass is 288 g/mol. The van der Waals surface area contributed by atoms with Crippen molar-refractivity contribution in [2.75, 3.05) is 7.11 Å². The van der Waals surface area contributed by atoms with Gasteiger partial charge in [0.2, 0.25) is 0 Å². The highest BCUT2D eigenvalue weighted by atomic mass is 16.5. The highest BCUT2D eigenvalue weighted by Crippen LogP contribution is 2.26. The third kappa shape index (κ3) is 3.82. The van der Waals surface area contributed by atoms with Crippen LogP contribution >= 0.6 is 0 Å². The first kappa shape index (κ1) is 15.5. The smallest absolute Gasteiger partial charge is 0.138 e. The van der Waals surface area contributed by atoms with Gasteiger partial charge in [-0.25, -0.2) is 9.67 Å². The van der Waals surface area contributed by atoms with Crippen LogP contribution in [0.3, 0.4) is 0 Å². The summed E-state index contributed by atoms with van der Waals surface area (Å²) >= 11 is 0. The number of nitrogens with two attached hydrogens (primary N) is 1. The third-order valence-electron chi connectivity index (χ3n) is 3.42. The number of methoxy groups -OCH3 is 1. The Morgan fingerprint density at radius 3 is 2.76 bits per heavy atom. The molecule has 1 aromatic heterocycles. The molecule has 2 aromatic rings. The lowest BCUT2D eigenvalue weighted by molar-refractivity contribution is 0.403. The molecule has 5 nitrogen and oxygen atoms in total. The van der Waals surface area contributed by atoms with E-state index >= 15 is 0 Å². The minimum absolute atomic E-state index is 0.157. The molecule has 2 rings (SSSR count). The molecule has 0 aliphatic carbocycles. The molecule has 0 saturated heterocycles. The van der Waals surface area contributed by atoms with Gasteiger partial charge in [0.1, 0.15) is 17.9 Å². The zero-order valence-electron chi connectivity index (χ0n) is 13.2. The predicted molar refractivity (Wildman–Crippen MR) is 83.2 cm³/mol. The molecule has 0 radical (unpaired) electrons. The van der Waals surface area contributed by atoms with Crippen molar-refractivity contribution < 1.29 is 4.74 Å². The Morgan fingerprint density at radius 2 is 2.10 bits per heavy atom. The van der Waals surface area contributed by atoms with Crippen molar-refractivity contribution >= 4 is 0 Å². The number of aromatic nitrogens is 3. The maximum absolute atomic E-state index is 6.35. The molecule has 0 aliphatic rings. The molecular formula is C16H24N4O. The average molecular weight is 288 g/mol. The molecule has 0 aliphatic heterocycles. The second kappa shape index (κ2) is 6.72. The lowest BCUT2D eigenvalue weighted by atomic mass is 10.0. The van der Waals surface area contributed by atoms with Gasteiger partial charge in [-0.1, -0.05) is 26.0 Å². The number of hydrogen-bond acceptors (Lipinski definition) is 4. The van der Waals surface area contributed by atoms with Gasteiger partial charge in [-0.05, 0) is 24.5 Å². The van der Waals surface area contributed by atoms with E-state index in [1.807, 2.05) is 23.7 Å². The van der Waals surface area contributed by atoms with Crippen LogP contribution in [0.4, 0.5) is 0 Å². The van der Waals surface area contributed by atoms with E-state index in [4.69, 9.17) is 10.5 Å². The fourth-order valence-corrected chi connectivity index (χ4v) is 2.38. The lowest BCUT2D eigenvalue weighted by Gasteiger charge is -2.17. The van der Waals surface area contributed by atoms with Crippen LogP contribution in [-0.2, 0) is 13.0 Å². The van der Waals surface area contributed by atoms with E-state index in [2.05, 4.69) is 30.0 Å². The average Bonchev–Trinajstić information content (AvgIpc) is 2.84. The first-order valence-electron chi connectivity index (χ1n) is 7.28. The van der Waals surface area contributed by atoms with Gasteiger partial charge < -0.3 is 10.5 Å². The molecule has 114 valence electrons. The highest BCUT2D eigenvalue weighted by Gasteiger charge is 2.16. The van der Waals surface area contributed by atoms with Crippen LogP contribution in [0.2, 0.25) is 0 Å². The Bertz CT molecular complexity index is 592. The van der Waals surface area contributed by atoms with Crippen molar-refractivity contribution in [1.29, 1.82) is 0 Å². The summed E-state index contributed by atoms with van der Waals surface area (Å²) in [4.78, 5) is 4.34. The largest absolute Gasteiger partial charge is 0.496 e. The summed E-state index contributed by atoms with van der Waals surface area (Å²) in [5.41, 5.74) is 8.51. The predicted octanol–water partition coefficient (Wildman–Crippen LogP) is 2.49. The summed E-state index contributed by atoms with van der Waals surface area (Å²) < 4.78 is 7.37. The fourth-order valence-electron chi connectivity index (χ4n) is 2.38. The molecule has 0 fully saturated rings. The van der Waals surface area contributed by atoms with Crippen molar-refractivity contribution in [3.05, 3.63) is 41.5 Å². The zero-order valence-corrected chi connectivity index (χ0v) is 13.2. The third-order valence-corrected chi connectivity index (χ3v) is 3.42. The van der Waals surface area contributed by atoms with E-state index in [9.17, 15) is 0 Å². The minimum atomic E-state index is -0.157. The van der Waals surface area contributed by atoms with Crippen molar-refractivity contribution in [3.8, 4) is 5.75 Å². The van der Waals surface area contributed by atoms with Gasteiger partial charge in [-0.15, -0.1) is 0 Å². The first-order valence-corrected chi connectivity index (χ1v) is 7.28. The Balaban J connectivity index is 2.18. The zero-order chi connectivity index (χ0) is 15.4. The molecular weight excluding hydrogens is 264 g/mol.